The zero-order valence-corrected chi connectivity index (χ0v) is 22.2. The minimum absolute atomic E-state index is 0.390. The van der Waals surface area contributed by atoms with E-state index in [9.17, 15) is 13.2 Å². The average Bonchev–Trinajstić information content (AvgIpc) is 3.43. The van der Waals surface area contributed by atoms with E-state index in [1.165, 1.54) is 40.7 Å². The molecule has 0 bridgehead atoms. The maximum absolute atomic E-state index is 13.9. The minimum atomic E-state index is -1.14. The summed E-state index contributed by atoms with van der Waals surface area (Å²) in [5.41, 5.74) is 3.83. The number of anilines is 1. The first-order valence-corrected chi connectivity index (χ1v) is 13.5. The fourth-order valence-electron chi connectivity index (χ4n) is 6.29. The Bertz CT molecular complexity index is 1200. The third-order valence-electron chi connectivity index (χ3n) is 8.33. The molecule has 6 rings (SSSR count). The Kier molecular flexibility index (Phi) is 7.29. The van der Waals surface area contributed by atoms with Crippen molar-refractivity contribution in [1.29, 1.82) is 0 Å². The lowest BCUT2D eigenvalue weighted by Crippen LogP contribution is -2.44. The Morgan fingerprint density at radius 1 is 1.03 bits per heavy atom. The van der Waals surface area contributed by atoms with Gasteiger partial charge < -0.3 is 15.2 Å². The van der Waals surface area contributed by atoms with Gasteiger partial charge in [0.2, 0.25) is 0 Å². The highest BCUT2D eigenvalue weighted by molar-refractivity contribution is 5.84. The number of H-pyrrole nitrogens is 1. The molecular formula is C30H39F3N4. The second-order valence-corrected chi connectivity index (χ2v) is 11.8. The summed E-state index contributed by atoms with van der Waals surface area (Å²) in [6.45, 7) is 10.8. The number of nitrogens with one attached hydrogen (secondary N) is 2. The first-order chi connectivity index (χ1) is 17.6. The Balaban J connectivity index is 0.000000152. The first-order valence-electron chi connectivity index (χ1n) is 13.5. The lowest BCUT2D eigenvalue weighted by Gasteiger charge is -2.40. The standard InChI is InChI=1S/C16H21FN2.C14H18F2N2/c1-11-8-13-12-6-4-5-7-14(12)18-15(13)9-19(11)10-16(2,3)17;15-11-7-12(16)9-13(8-11)18-5-2-14(3-6-18)1-4-17-10-14/h4-7,11,18H,8-10H2,1-3H3;7-9,17H,1-6,10H2. The number of fused-ring (bicyclic) bond motifs is 3. The van der Waals surface area contributed by atoms with Gasteiger partial charge in [0.05, 0.1) is 0 Å². The van der Waals surface area contributed by atoms with Crippen LogP contribution in [0.15, 0.2) is 42.5 Å². The zero-order chi connectivity index (χ0) is 26.2. The number of aromatic nitrogens is 1. The second-order valence-electron chi connectivity index (χ2n) is 11.8. The van der Waals surface area contributed by atoms with Crippen LogP contribution in [0, 0.1) is 17.0 Å². The van der Waals surface area contributed by atoms with E-state index in [2.05, 4.69) is 51.3 Å². The van der Waals surface area contributed by atoms with Gasteiger partial charge in [0, 0.05) is 67.1 Å². The molecule has 200 valence electrons. The zero-order valence-electron chi connectivity index (χ0n) is 22.2. The second kappa shape index (κ2) is 10.3. The minimum Gasteiger partial charge on any atom is -0.371 e. The number of nitrogens with zero attached hydrogens (tertiary/aromatic N) is 2. The number of hydrogen-bond acceptors (Lipinski definition) is 3. The van der Waals surface area contributed by atoms with Gasteiger partial charge in [0.25, 0.3) is 0 Å². The van der Waals surface area contributed by atoms with Crippen LogP contribution in [0.4, 0.5) is 18.9 Å². The van der Waals surface area contributed by atoms with Crippen molar-refractivity contribution in [3.05, 3.63) is 65.4 Å². The van der Waals surface area contributed by atoms with Crippen molar-refractivity contribution in [1.82, 2.24) is 15.2 Å². The number of aromatic amines is 1. The third-order valence-corrected chi connectivity index (χ3v) is 8.33. The summed E-state index contributed by atoms with van der Waals surface area (Å²) < 4.78 is 40.3. The topological polar surface area (TPSA) is 34.3 Å². The van der Waals surface area contributed by atoms with Crippen LogP contribution >= 0.6 is 0 Å². The van der Waals surface area contributed by atoms with Crippen molar-refractivity contribution in [3.8, 4) is 0 Å². The first kappa shape index (κ1) is 26.1. The maximum atomic E-state index is 13.9. The van der Waals surface area contributed by atoms with E-state index in [4.69, 9.17) is 0 Å². The van der Waals surface area contributed by atoms with Gasteiger partial charge in [-0.3, -0.25) is 4.90 Å². The number of piperidine rings is 1. The highest BCUT2D eigenvalue weighted by atomic mass is 19.1. The highest BCUT2D eigenvalue weighted by Crippen LogP contribution is 2.38. The largest absolute Gasteiger partial charge is 0.371 e. The smallest absolute Gasteiger partial charge is 0.128 e. The van der Waals surface area contributed by atoms with Gasteiger partial charge in [-0.1, -0.05) is 18.2 Å². The number of para-hydroxylation sites is 1. The fourth-order valence-corrected chi connectivity index (χ4v) is 6.29. The van der Waals surface area contributed by atoms with Crippen molar-refractivity contribution >= 4 is 16.6 Å². The molecule has 0 amide bonds. The molecule has 4 nitrogen and oxygen atoms in total. The van der Waals surface area contributed by atoms with Crippen LogP contribution in [0.1, 0.15) is 51.3 Å². The normalized spacial score (nSPS) is 21.7. The molecule has 3 aromatic rings. The Hall–Kier alpha value is -2.51. The van der Waals surface area contributed by atoms with E-state index >= 15 is 0 Å². The molecule has 1 aromatic heterocycles. The van der Waals surface area contributed by atoms with E-state index in [-0.39, 0.29) is 0 Å². The molecule has 0 saturated carbocycles. The summed E-state index contributed by atoms with van der Waals surface area (Å²) in [7, 11) is 0. The number of benzene rings is 2. The maximum Gasteiger partial charge on any atom is 0.128 e. The van der Waals surface area contributed by atoms with Crippen molar-refractivity contribution < 1.29 is 13.2 Å². The lowest BCUT2D eigenvalue weighted by atomic mass is 9.78. The van der Waals surface area contributed by atoms with E-state index in [1.807, 2.05) is 0 Å². The monoisotopic (exact) mass is 512 g/mol. The summed E-state index contributed by atoms with van der Waals surface area (Å²) in [5.74, 6) is -0.986. The summed E-state index contributed by atoms with van der Waals surface area (Å²) in [5, 5.41) is 4.74. The molecular weight excluding hydrogens is 473 g/mol. The van der Waals surface area contributed by atoms with Gasteiger partial charge in [0.15, 0.2) is 0 Å². The molecule has 2 fully saturated rings. The lowest BCUT2D eigenvalue weighted by molar-refractivity contribution is 0.0853. The summed E-state index contributed by atoms with van der Waals surface area (Å²) in [6, 6.07) is 12.6. The van der Waals surface area contributed by atoms with Gasteiger partial charge in [-0.2, -0.15) is 0 Å². The SMILES string of the molecule is CC1Cc2c([nH]c3ccccc23)CN1CC(C)(C)F.Fc1cc(F)cc(N2CCC3(CCNC3)CC2)c1. The quantitative estimate of drug-likeness (QED) is 0.438. The van der Waals surface area contributed by atoms with Gasteiger partial charge in [-0.25, -0.2) is 13.2 Å². The molecule has 1 atom stereocenters. The average molecular weight is 513 g/mol. The molecule has 2 aromatic carbocycles. The Labute approximate surface area is 218 Å². The van der Waals surface area contributed by atoms with Crippen molar-refractivity contribution in [2.75, 3.05) is 37.6 Å². The summed E-state index contributed by atoms with van der Waals surface area (Å²) in [4.78, 5) is 7.82. The van der Waals surface area contributed by atoms with Gasteiger partial charge in [-0.15, -0.1) is 0 Å². The van der Waals surface area contributed by atoms with Crippen LogP contribution in [-0.4, -0.2) is 54.3 Å². The predicted octanol–water partition coefficient (Wildman–Crippen LogP) is 6.21. The molecule has 4 heterocycles. The number of hydrogen-bond donors (Lipinski definition) is 2. The predicted molar refractivity (Wildman–Crippen MR) is 145 cm³/mol. The van der Waals surface area contributed by atoms with Crippen LogP contribution < -0.4 is 10.2 Å². The molecule has 1 spiro atoms. The van der Waals surface area contributed by atoms with Crippen LogP contribution in [-0.2, 0) is 13.0 Å². The van der Waals surface area contributed by atoms with Gasteiger partial charge >= 0.3 is 0 Å². The van der Waals surface area contributed by atoms with Crippen LogP contribution in [0.2, 0.25) is 0 Å². The number of halogens is 3. The van der Waals surface area contributed by atoms with Crippen LogP contribution in [0.5, 0.6) is 0 Å². The fraction of sp³-hybridized carbons (Fsp3) is 0.533. The molecule has 37 heavy (non-hydrogen) atoms. The summed E-state index contributed by atoms with van der Waals surface area (Å²) in [6.07, 6.45) is 4.45. The molecule has 7 heteroatoms. The molecule has 2 saturated heterocycles. The van der Waals surface area contributed by atoms with Crippen molar-refractivity contribution in [2.24, 2.45) is 5.41 Å². The molecule has 3 aliphatic rings. The molecule has 3 aliphatic heterocycles. The summed E-state index contributed by atoms with van der Waals surface area (Å²) >= 11 is 0. The van der Waals surface area contributed by atoms with Gasteiger partial charge in [-0.05, 0) is 82.2 Å². The van der Waals surface area contributed by atoms with Gasteiger partial charge in [0.1, 0.15) is 17.3 Å². The highest BCUT2D eigenvalue weighted by Gasteiger charge is 2.37. The number of alkyl halides is 1. The molecule has 1 unspecified atom stereocenters. The van der Waals surface area contributed by atoms with E-state index < -0.39 is 17.3 Å². The third kappa shape index (κ3) is 5.99. The Morgan fingerprint density at radius 3 is 2.38 bits per heavy atom. The van der Waals surface area contributed by atoms with Crippen LogP contribution in [0.25, 0.3) is 10.9 Å². The van der Waals surface area contributed by atoms with Crippen LogP contribution in [0.3, 0.4) is 0 Å². The van der Waals surface area contributed by atoms with Crippen molar-refractivity contribution in [3.63, 3.8) is 0 Å². The van der Waals surface area contributed by atoms with E-state index in [0.29, 0.717) is 23.7 Å². The van der Waals surface area contributed by atoms with E-state index in [1.54, 1.807) is 13.8 Å². The van der Waals surface area contributed by atoms with Crippen molar-refractivity contribution in [2.45, 2.75) is 64.7 Å². The Morgan fingerprint density at radius 2 is 1.73 bits per heavy atom. The molecule has 2 N–H and O–H groups in total. The van der Waals surface area contributed by atoms with E-state index in [0.717, 1.165) is 58.1 Å². The molecule has 0 radical (unpaired) electrons. The molecule has 0 aliphatic carbocycles. The number of rotatable bonds is 3.